The Morgan fingerprint density at radius 1 is 1.38 bits per heavy atom. The maximum absolute atomic E-state index is 12.2. The van der Waals surface area contributed by atoms with Crippen LogP contribution in [0.4, 0.5) is 5.69 Å². The molecule has 0 spiro atoms. The van der Waals surface area contributed by atoms with Crippen molar-refractivity contribution in [2.75, 3.05) is 13.1 Å². The molecule has 0 aliphatic carbocycles. The quantitative estimate of drug-likeness (QED) is 0.628. The third-order valence-corrected chi connectivity index (χ3v) is 3.71. The molecule has 9 nitrogen and oxygen atoms in total. The van der Waals surface area contributed by atoms with Crippen LogP contribution in [0.5, 0.6) is 0 Å². The Labute approximate surface area is 144 Å². The summed E-state index contributed by atoms with van der Waals surface area (Å²) in [4.78, 5) is 22.5. The summed E-state index contributed by atoms with van der Waals surface area (Å²) in [5.74, 6) is -0.284. The molecular weight excluding hydrogens is 336 g/mol. The van der Waals surface area contributed by atoms with Crippen LogP contribution >= 0.6 is 12.4 Å². The van der Waals surface area contributed by atoms with Crippen LogP contribution in [0.3, 0.4) is 0 Å². The summed E-state index contributed by atoms with van der Waals surface area (Å²) >= 11 is 0. The topological polar surface area (TPSA) is 115 Å². The van der Waals surface area contributed by atoms with Crippen LogP contribution < -0.4 is 10.6 Å². The summed E-state index contributed by atoms with van der Waals surface area (Å²) < 4.78 is 1.35. The van der Waals surface area contributed by atoms with Crippen LogP contribution in [0.1, 0.15) is 23.3 Å². The van der Waals surface area contributed by atoms with E-state index in [1.54, 1.807) is 12.1 Å². The fourth-order valence-corrected chi connectivity index (χ4v) is 2.47. The number of rotatable bonds is 4. The van der Waals surface area contributed by atoms with E-state index < -0.39 is 4.92 Å². The van der Waals surface area contributed by atoms with E-state index in [-0.39, 0.29) is 35.7 Å². The SMILES string of the molecule is Cl.O=C(NC1CCNCC1)c1cn(-c2cccc([N+](=O)[O-])c2)nn1. The van der Waals surface area contributed by atoms with Crippen LogP contribution in [0.15, 0.2) is 30.5 Å². The van der Waals surface area contributed by atoms with Crippen LogP contribution in [0.2, 0.25) is 0 Å². The highest BCUT2D eigenvalue weighted by atomic mass is 35.5. The number of non-ortho nitro benzene ring substituents is 1. The number of nitro benzene ring substituents is 1. The number of piperidine rings is 1. The lowest BCUT2D eigenvalue weighted by atomic mass is 10.1. The lowest BCUT2D eigenvalue weighted by Gasteiger charge is -2.23. The van der Waals surface area contributed by atoms with E-state index in [4.69, 9.17) is 0 Å². The molecule has 1 aliphatic heterocycles. The van der Waals surface area contributed by atoms with Gasteiger partial charge in [0.05, 0.1) is 16.8 Å². The average Bonchev–Trinajstić information content (AvgIpc) is 3.06. The van der Waals surface area contributed by atoms with Crippen LogP contribution in [0.25, 0.3) is 5.69 Å². The maximum Gasteiger partial charge on any atom is 0.273 e. The molecule has 3 rings (SSSR count). The summed E-state index contributed by atoms with van der Waals surface area (Å²) in [6, 6.07) is 6.13. The highest BCUT2D eigenvalue weighted by Crippen LogP contribution is 2.16. The zero-order valence-electron chi connectivity index (χ0n) is 12.7. The smallest absolute Gasteiger partial charge is 0.273 e. The molecule has 1 aliphatic rings. The van der Waals surface area contributed by atoms with Gasteiger partial charge in [-0.05, 0) is 32.0 Å². The van der Waals surface area contributed by atoms with Gasteiger partial charge in [0.2, 0.25) is 0 Å². The zero-order chi connectivity index (χ0) is 16.2. The van der Waals surface area contributed by atoms with E-state index >= 15 is 0 Å². The minimum atomic E-state index is -0.481. The molecule has 0 bridgehead atoms. The minimum absolute atomic E-state index is 0. The highest BCUT2D eigenvalue weighted by Gasteiger charge is 2.19. The molecule has 2 N–H and O–H groups in total. The normalized spacial score (nSPS) is 14.7. The van der Waals surface area contributed by atoms with Gasteiger partial charge < -0.3 is 10.6 Å². The predicted molar refractivity (Wildman–Crippen MR) is 88.6 cm³/mol. The maximum atomic E-state index is 12.2. The molecular formula is C14H17ClN6O3. The molecule has 10 heteroatoms. The lowest BCUT2D eigenvalue weighted by Crippen LogP contribution is -2.42. The van der Waals surface area contributed by atoms with Gasteiger partial charge in [0, 0.05) is 18.2 Å². The molecule has 2 aromatic rings. The van der Waals surface area contributed by atoms with Gasteiger partial charge in [-0.25, -0.2) is 4.68 Å². The second kappa shape index (κ2) is 7.84. The summed E-state index contributed by atoms with van der Waals surface area (Å²) in [5, 5.41) is 24.7. The van der Waals surface area contributed by atoms with Crippen LogP contribution in [-0.4, -0.2) is 45.0 Å². The van der Waals surface area contributed by atoms with Crippen molar-refractivity contribution in [3.05, 3.63) is 46.3 Å². The van der Waals surface area contributed by atoms with Crippen molar-refractivity contribution in [2.45, 2.75) is 18.9 Å². The van der Waals surface area contributed by atoms with Crippen molar-refractivity contribution in [1.29, 1.82) is 0 Å². The van der Waals surface area contributed by atoms with Crippen molar-refractivity contribution in [3.63, 3.8) is 0 Å². The van der Waals surface area contributed by atoms with Gasteiger partial charge in [0.25, 0.3) is 11.6 Å². The predicted octanol–water partition coefficient (Wildman–Crippen LogP) is 1.08. The first-order chi connectivity index (χ1) is 11.1. The minimum Gasteiger partial charge on any atom is -0.348 e. The molecule has 24 heavy (non-hydrogen) atoms. The van der Waals surface area contributed by atoms with Crippen LogP contribution in [-0.2, 0) is 0 Å². The van der Waals surface area contributed by atoms with E-state index in [1.165, 1.54) is 23.0 Å². The Morgan fingerprint density at radius 2 is 2.12 bits per heavy atom. The lowest BCUT2D eigenvalue weighted by molar-refractivity contribution is -0.384. The monoisotopic (exact) mass is 352 g/mol. The van der Waals surface area contributed by atoms with Gasteiger partial charge in [0.1, 0.15) is 0 Å². The van der Waals surface area contributed by atoms with E-state index in [0.29, 0.717) is 5.69 Å². The Morgan fingerprint density at radius 3 is 2.83 bits per heavy atom. The first kappa shape index (κ1) is 17.8. The van der Waals surface area contributed by atoms with E-state index in [0.717, 1.165) is 25.9 Å². The standard InChI is InChI=1S/C14H16N6O3.ClH/c21-14(16-10-4-6-15-7-5-10)13-9-19(18-17-13)11-2-1-3-12(8-11)20(22)23;/h1-3,8-10,15H,4-7H2,(H,16,21);1H. The number of nitrogens with zero attached hydrogens (tertiary/aromatic N) is 4. The number of hydrogen-bond acceptors (Lipinski definition) is 6. The molecule has 0 saturated carbocycles. The summed E-state index contributed by atoms with van der Waals surface area (Å²) in [5.41, 5.74) is 0.626. The van der Waals surface area contributed by atoms with Crippen molar-refractivity contribution in [2.24, 2.45) is 0 Å². The third-order valence-electron chi connectivity index (χ3n) is 3.71. The number of carbonyl (C=O) groups is 1. The number of nitro groups is 1. The number of carbonyl (C=O) groups excluding carboxylic acids is 1. The molecule has 0 unspecified atom stereocenters. The van der Waals surface area contributed by atoms with E-state index in [1.807, 2.05) is 0 Å². The molecule has 128 valence electrons. The number of hydrogen-bond donors (Lipinski definition) is 2. The molecule has 0 radical (unpaired) electrons. The molecule has 1 aromatic carbocycles. The second-order valence-corrected chi connectivity index (χ2v) is 5.32. The molecule has 2 heterocycles. The summed E-state index contributed by atoms with van der Waals surface area (Å²) in [6.07, 6.45) is 3.23. The van der Waals surface area contributed by atoms with Gasteiger partial charge in [-0.1, -0.05) is 11.3 Å². The van der Waals surface area contributed by atoms with Gasteiger partial charge in [-0.3, -0.25) is 14.9 Å². The zero-order valence-corrected chi connectivity index (χ0v) is 13.5. The van der Waals surface area contributed by atoms with Crippen molar-refractivity contribution in [3.8, 4) is 5.69 Å². The fourth-order valence-electron chi connectivity index (χ4n) is 2.47. The Bertz CT molecular complexity index is 729. The Hall–Kier alpha value is -2.52. The van der Waals surface area contributed by atoms with Gasteiger partial charge in [0.15, 0.2) is 5.69 Å². The Kier molecular flexibility index (Phi) is 5.83. The average molecular weight is 353 g/mol. The van der Waals surface area contributed by atoms with Gasteiger partial charge >= 0.3 is 0 Å². The fraction of sp³-hybridized carbons (Fsp3) is 0.357. The Balaban J connectivity index is 0.00000208. The largest absolute Gasteiger partial charge is 0.348 e. The molecule has 1 aromatic heterocycles. The van der Waals surface area contributed by atoms with Gasteiger partial charge in [-0.15, -0.1) is 17.5 Å². The highest BCUT2D eigenvalue weighted by molar-refractivity contribution is 5.92. The first-order valence-electron chi connectivity index (χ1n) is 7.32. The van der Waals surface area contributed by atoms with Crippen molar-refractivity contribution < 1.29 is 9.72 Å². The number of nitrogens with one attached hydrogen (secondary N) is 2. The summed E-state index contributed by atoms with van der Waals surface area (Å²) in [6.45, 7) is 1.76. The number of benzene rings is 1. The first-order valence-corrected chi connectivity index (χ1v) is 7.32. The van der Waals surface area contributed by atoms with Crippen molar-refractivity contribution in [1.82, 2.24) is 25.6 Å². The molecule has 1 saturated heterocycles. The number of amides is 1. The third kappa shape index (κ3) is 4.06. The van der Waals surface area contributed by atoms with Gasteiger partial charge in [-0.2, -0.15) is 0 Å². The van der Waals surface area contributed by atoms with Crippen molar-refractivity contribution >= 4 is 24.0 Å². The number of aromatic nitrogens is 3. The van der Waals surface area contributed by atoms with E-state index in [9.17, 15) is 14.9 Å². The summed E-state index contributed by atoms with van der Waals surface area (Å²) in [7, 11) is 0. The molecule has 1 fully saturated rings. The molecule has 1 amide bonds. The number of halogens is 1. The van der Waals surface area contributed by atoms with E-state index in [2.05, 4.69) is 20.9 Å². The van der Waals surface area contributed by atoms with Crippen LogP contribution in [0, 0.1) is 10.1 Å². The molecule has 0 atom stereocenters. The second-order valence-electron chi connectivity index (χ2n) is 5.32.